The van der Waals surface area contributed by atoms with E-state index in [9.17, 15) is 5.11 Å². The standard InChI is InChI=1S/C16H34N2O/c1-14(2)11-17-12-16(8-5-6-9-16)13-18(4)10-7-15(3)19/h14-15,17,19H,5-13H2,1-4H3. The molecule has 1 fully saturated rings. The molecule has 1 saturated carbocycles. The molecular formula is C16H34N2O. The summed E-state index contributed by atoms with van der Waals surface area (Å²) < 4.78 is 0. The van der Waals surface area contributed by atoms with Crippen LogP contribution in [0.25, 0.3) is 0 Å². The van der Waals surface area contributed by atoms with Gasteiger partial charge in [0.05, 0.1) is 6.10 Å². The normalized spacial score (nSPS) is 20.4. The predicted molar refractivity (Wildman–Crippen MR) is 82.4 cm³/mol. The quantitative estimate of drug-likeness (QED) is 0.676. The van der Waals surface area contributed by atoms with Gasteiger partial charge in [0, 0.05) is 19.6 Å². The predicted octanol–water partition coefficient (Wildman–Crippen LogP) is 2.50. The lowest BCUT2D eigenvalue weighted by molar-refractivity contribution is 0.133. The van der Waals surface area contributed by atoms with Crippen molar-refractivity contribution in [2.45, 2.75) is 59.0 Å². The lowest BCUT2D eigenvalue weighted by Crippen LogP contribution is -2.42. The molecular weight excluding hydrogens is 236 g/mol. The van der Waals surface area contributed by atoms with Crippen LogP contribution >= 0.6 is 0 Å². The molecule has 1 rings (SSSR count). The van der Waals surface area contributed by atoms with Crippen molar-refractivity contribution in [3.05, 3.63) is 0 Å². The fourth-order valence-electron chi connectivity index (χ4n) is 3.20. The largest absolute Gasteiger partial charge is 0.393 e. The van der Waals surface area contributed by atoms with Crippen LogP contribution in [0.1, 0.15) is 52.9 Å². The molecule has 0 heterocycles. The van der Waals surface area contributed by atoms with Crippen molar-refractivity contribution >= 4 is 0 Å². The van der Waals surface area contributed by atoms with E-state index in [1.807, 2.05) is 6.92 Å². The fraction of sp³-hybridized carbons (Fsp3) is 1.00. The Kier molecular flexibility index (Phi) is 7.33. The minimum Gasteiger partial charge on any atom is -0.393 e. The van der Waals surface area contributed by atoms with Crippen LogP contribution in [0.3, 0.4) is 0 Å². The van der Waals surface area contributed by atoms with Crippen LogP contribution in [-0.2, 0) is 0 Å². The average molecular weight is 270 g/mol. The SMILES string of the molecule is CC(C)CNCC1(CN(C)CCC(C)O)CCCC1. The van der Waals surface area contributed by atoms with Crippen LogP contribution in [0.4, 0.5) is 0 Å². The molecule has 2 N–H and O–H groups in total. The Bertz CT molecular complexity index is 235. The van der Waals surface area contributed by atoms with Crippen molar-refractivity contribution < 1.29 is 5.11 Å². The van der Waals surface area contributed by atoms with E-state index in [2.05, 4.69) is 31.1 Å². The van der Waals surface area contributed by atoms with E-state index in [-0.39, 0.29) is 6.10 Å². The first-order valence-corrected chi connectivity index (χ1v) is 8.01. The Morgan fingerprint density at radius 1 is 1.21 bits per heavy atom. The van der Waals surface area contributed by atoms with E-state index < -0.39 is 0 Å². The summed E-state index contributed by atoms with van der Waals surface area (Å²) in [6, 6.07) is 0. The Morgan fingerprint density at radius 3 is 2.37 bits per heavy atom. The highest BCUT2D eigenvalue weighted by molar-refractivity contribution is 4.89. The van der Waals surface area contributed by atoms with Crippen LogP contribution in [0.5, 0.6) is 0 Å². The second-order valence-corrected chi connectivity index (χ2v) is 7.11. The number of hydrogen-bond donors (Lipinski definition) is 2. The maximum atomic E-state index is 9.39. The van der Waals surface area contributed by atoms with Crippen LogP contribution in [0.15, 0.2) is 0 Å². The third-order valence-electron chi connectivity index (χ3n) is 4.25. The molecule has 0 aromatic rings. The smallest absolute Gasteiger partial charge is 0.0524 e. The van der Waals surface area contributed by atoms with E-state index in [1.165, 1.54) is 32.2 Å². The monoisotopic (exact) mass is 270 g/mol. The highest BCUT2D eigenvalue weighted by atomic mass is 16.3. The molecule has 114 valence electrons. The summed E-state index contributed by atoms with van der Waals surface area (Å²) in [4.78, 5) is 2.41. The van der Waals surface area contributed by atoms with Gasteiger partial charge in [0.25, 0.3) is 0 Å². The van der Waals surface area contributed by atoms with Gasteiger partial charge < -0.3 is 15.3 Å². The molecule has 0 radical (unpaired) electrons. The Balaban J connectivity index is 2.38. The maximum Gasteiger partial charge on any atom is 0.0524 e. The van der Waals surface area contributed by atoms with Crippen molar-refractivity contribution in [2.75, 3.05) is 33.2 Å². The van der Waals surface area contributed by atoms with Crippen LogP contribution < -0.4 is 5.32 Å². The second kappa shape index (κ2) is 8.23. The number of aliphatic hydroxyl groups excluding tert-OH is 1. The van der Waals surface area contributed by atoms with Crippen molar-refractivity contribution in [3.63, 3.8) is 0 Å². The van der Waals surface area contributed by atoms with Gasteiger partial charge in [0.2, 0.25) is 0 Å². The molecule has 1 unspecified atom stereocenters. The van der Waals surface area contributed by atoms with Crippen LogP contribution in [0, 0.1) is 11.3 Å². The van der Waals surface area contributed by atoms with Crippen molar-refractivity contribution in [3.8, 4) is 0 Å². The van der Waals surface area contributed by atoms with Crippen LogP contribution in [0.2, 0.25) is 0 Å². The second-order valence-electron chi connectivity index (χ2n) is 7.11. The molecule has 1 atom stereocenters. The number of nitrogens with zero attached hydrogens (tertiary/aromatic N) is 1. The summed E-state index contributed by atoms with van der Waals surface area (Å²) in [5.74, 6) is 0.728. The van der Waals surface area contributed by atoms with E-state index in [4.69, 9.17) is 0 Å². The molecule has 0 amide bonds. The van der Waals surface area contributed by atoms with Crippen molar-refractivity contribution in [1.29, 1.82) is 0 Å². The first-order valence-electron chi connectivity index (χ1n) is 8.01. The molecule has 0 saturated heterocycles. The average Bonchev–Trinajstić information content (AvgIpc) is 2.74. The Hall–Kier alpha value is -0.120. The summed E-state index contributed by atoms with van der Waals surface area (Å²) in [6.07, 6.45) is 6.18. The molecule has 0 aliphatic heterocycles. The summed E-state index contributed by atoms with van der Waals surface area (Å²) in [5, 5.41) is 13.1. The molecule has 0 bridgehead atoms. The van der Waals surface area contributed by atoms with Gasteiger partial charge >= 0.3 is 0 Å². The Labute approximate surface area is 119 Å². The number of aliphatic hydroxyl groups is 1. The molecule has 0 aromatic heterocycles. The molecule has 19 heavy (non-hydrogen) atoms. The molecule has 1 aliphatic rings. The van der Waals surface area contributed by atoms with Gasteiger partial charge in [-0.1, -0.05) is 26.7 Å². The molecule has 3 heteroatoms. The summed E-state index contributed by atoms with van der Waals surface area (Å²) in [5.41, 5.74) is 0.475. The maximum absolute atomic E-state index is 9.39. The molecule has 1 aliphatic carbocycles. The lowest BCUT2D eigenvalue weighted by atomic mass is 9.85. The first-order chi connectivity index (χ1) is 8.93. The van der Waals surface area contributed by atoms with Gasteiger partial charge in [0.15, 0.2) is 0 Å². The van der Waals surface area contributed by atoms with E-state index >= 15 is 0 Å². The highest BCUT2D eigenvalue weighted by Crippen LogP contribution is 2.38. The van der Waals surface area contributed by atoms with E-state index in [0.29, 0.717) is 5.41 Å². The zero-order valence-corrected chi connectivity index (χ0v) is 13.4. The third kappa shape index (κ3) is 6.73. The summed E-state index contributed by atoms with van der Waals surface area (Å²) in [6.45, 7) is 10.9. The number of rotatable bonds is 9. The lowest BCUT2D eigenvalue weighted by Gasteiger charge is -2.34. The van der Waals surface area contributed by atoms with Gasteiger partial charge in [-0.2, -0.15) is 0 Å². The summed E-state index contributed by atoms with van der Waals surface area (Å²) in [7, 11) is 2.20. The molecule has 3 nitrogen and oxygen atoms in total. The van der Waals surface area contributed by atoms with Crippen molar-refractivity contribution in [1.82, 2.24) is 10.2 Å². The molecule has 0 aromatic carbocycles. The fourth-order valence-corrected chi connectivity index (χ4v) is 3.20. The number of nitrogens with one attached hydrogen (secondary N) is 1. The van der Waals surface area contributed by atoms with Crippen LogP contribution in [-0.4, -0.2) is 49.3 Å². The zero-order valence-electron chi connectivity index (χ0n) is 13.4. The van der Waals surface area contributed by atoms with E-state index in [1.54, 1.807) is 0 Å². The zero-order chi connectivity index (χ0) is 14.3. The number of hydrogen-bond acceptors (Lipinski definition) is 3. The highest BCUT2D eigenvalue weighted by Gasteiger charge is 2.34. The van der Waals surface area contributed by atoms with Gasteiger partial charge in [-0.25, -0.2) is 0 Å². The van der Waals surface area contributed by atoms with Gasteiger partial charge in [-0.3, -0.25) is 0 Å². The third-order valence-corrected chi connectivity index (χ3v) is 4.25. The minimum atomic E-state index is -0.180. The van der Waals surface area contributed by atoms with Gasteiger partial charge in [-0.15, -0.1) is 0 Å². The Morgan fingerprint density at radius 2 is 1.84 bits per heavy atom. The molecule has 0 spiro atoms. The first kappa shape index (κ1) is 16.9. The summed E-state index contributed by atoms with van der Waals surface area (Å²) >= 11 is 0. The van der Waals surface area contributed by atoms with E-state index in [0.717, 1.165) is 32.0 Å². The topological polar surface area (TPSA) is 35.5 Å². The van der Waals surface area contributed by atoms with Gasteiger partial charge in [0.1, 0.15) is 0 Å². The minimum absolute atomic E-state index is 0.180. The van der Waals surface area contributed by atoms with Crippen molar-refractivity contribution in [2.24, 2.45) is 11.3 Å². The van der Waals surface area contributed by atoms with Gasteiger partial charge in [-0.05, 0) is 51.1 Å².